The Hall–Kier alpha value is -1.18. The lowest BCUT2D eigenvalue weighted by atomic mass is 9.93. The van der Waals surface area contributed by atoms with Gasteiger partial charge in [-0.15, -0.1) is 0 Å². The van der Waals surface area contributed by atoms with Crippen molar-refractivity contribution in [1.29, 1.82) is 5.41 Å². The van der Waals surface area contributed by atoms with E-state index in [0.717, 1.165) is 18.5 Å². The third kappa shape index (κ3) is 2.16. The van der Waals surface area contributed by atoms with Crippen LogP contribution in [0.1, 0.15) is 20.3 Å². The molecular formula is C10H14N2. The molecule has 0 heterocycles. The fourth-order valence-electron chi connectivity index (χ4n) is 1.29. The summed E-state index contributed by atoms with van der Waals surface area (Å²) in [5, 5.41) is 6.84. The van der Waals surface area contributed by atoms with Crippen LogP contribution in [0, 0.1) is 11.3 Å². The van der Waals surface area contributed by atoms with Crippen molar-refractivity contribution in [2.45, 2.75) is 20.3 Å². The minimum absolute atomic E-state index is 0.598. The standard InChI is InChI=1S/C10H14N2/c1-8-4-3-5-10(6-8)9(2)12-7-11/h3-5,7-8,11H,6H2,1-2H3. The summed E-state index contributed by atoms with van der Waals surface area (Å²) in [6.45, 7) is 4.13. The van der Waals surface area contributed by atoms with Crippen LogP contribution in [-0.2, 0) is 0 Å². The van der Waals surface area contributed by atoms with E-state index in [2.05, 4.69) is 30.1 Å². The van der Waals surface area contributed by atoms with Crippen molar-refractivity contribution >= 4 is 12.1 Å². The average Bonchev–Trinajstić information content (AvgIpc) is 2.05. The number of nitrogens with zero attached hydrogens (tertiary/aromatic N) is 1. The first-order chi connectivity index (χ1) is 5.74. The van der Waals surface area contributed by atoms with Gasteiger partial charge in [0.25, 0.3) is 0 Å². The Morgan fingerprint density at radius 2 is 2.50 bits per heavy atom. The molecule has 0 amide bonds. The van der Waals surface area contributed by atoms with Crippen LogP contribution in [0.25, 0.3) is 0 Å². The second-order valence-corrected chi connectivity index (χ2v) is 3.10. The van der Waals surface area contributed by atoms with Crippen LogP contribution in [0.4, 0.5) is 0 Å². The lowest BCUT2D eigenvalue weighted by molar-refractivity contribution is 0.723. The summed E-state index contributed by atoms with van der Waals surface area (Å²) in [5.41, 5.74) is 2.20. The summed E-state index contributed by atoms with van der Waals surface area (Å²) in [4.78, 5) is 3.94. The monoisotopic (exact) mass is 162 g/mol. The van der Waals surface area contributed by atoms with E-state index >= 15 is 0 Å². The van der Waals surface area contributed by atoms with Gasteiger partial charge in [0.2, 0.25) is 0 Å². The SMILES string of the molecule is CC(=NC=N)C1=CC=CC(C)C1. The van der Waals surface area contributed by atoms with Crippen LogP contribution in [0.5, 0.6) is 0 Å². The zero-order chi connectivity index (χ0) is 8.97. The summed E-state index contributed by atoms with van der Waals surface area (Å²) in [6, 6.07) is 0. The van der Waals surface area contributed by atoms with Gasteiger partial charge in [0.05, 0.1) is 0 Å². The highest BCUT2D eigenvalue weighted by atomic mass is 14.8. The van der Waals surface area contributed by atoms with E-state index in [4.69, 9.17) is 5.41 Å². The van der Waals surface area contributed by atoms with Crippen molar-refractivity contribution in [1.82, 2.24) is 0 Å². The van der Waals surface area contributed by atoms with Crippen molar-refractivity contribution in [2.24, 2.45) is 10.9 Å². The molecule has 12 heavy (non-hydrogen) atoms. The molecule has 1 aliphatic carbocycles. The summed E-state index contributed by atoms with van der Waals surface area (Å²) in [5.74, 6) is 0.598. The molecule has 0 bridgehead atoms. The molecule has 1 aliphatic rings. The molecule has 1 N–H and O–H groups in total. The van der Waals surface area contributed by atoms with E-state index in [1.54, 1.807) is 0 Å². The van der Waals surface area contributed by atoms with E-state index in [1.165, 1.54) is 5.57 Å². The van der Waals surface area contributed by atoms with Crippen molar-refractivity contribution < 1.29 is 0 Å². The largest absolute Gasteiger partial charge is 0.290 e. The third-order valence-corrected chi connectivity index (χ3v) is 2.00. The van der Waals surface area contributed by atoms with Crippen molar-refractivity contribution in [3.63, 3.8) is 0 Å². The molecule has 1 unspecified atom stereocenters. The van der Waals surface area contributed by atoms with Crippen LogP contribution in [0.15, 0.2) is 28.8 Å². The maximum Gasteiger partial charge on any atom is 0.107 e. The lowest BCUT2D eigenvalue weighted by Crippen LogP contribution is -2.05. The second-order valence-electron chi connectivity index (χ2n) is 3.10. The van der Waals surface area contributed by atoms with Gasteiger partial charge < -0.3 is 0 Å². The van der Waals surface area contributed by atoms with Gasteiger partial charge in [-0.2, -0.15) is 0 Å². The Morgan fingerprint density at radius 3 is 3.08 bits per heavy atom. The quantitative estimate of drug-likeness (QED) is 0.478. The molecule has 0 saturated carbocycles. The molecule has 2 heteroatoms. The normalized spacial score (nSPS) is 23.7. The van der Waals surface area contributed by atoms with Crippen molar-refractivity contribution in [3.8, 4) is 0 Å². The molecule has 1 rings (SSSR count). The Morgan fingerprint density at radius 1 is 1.75 bits per heavy atom. The molecule has 0 aliphatic heterocycles. The first-order valence-corrected chi connectivity index (χ1v) is 4.15. The molecule has 0 aromatic heterocycles. The van der Waals surface area contributed by atoms with Gasteiger partial charge >= 0.3 is 0 Å². The zero-order valence-corrected chi connectivity index (χ0v) is 7.54. The predicted molar refractivity (Wildman–Crippen MR) is 52.9 cm³/mol. The van der Waals surface area contributed by atoms with E-state index in [1.807, 2.05) is 6.92 Å². The van der Waals surface area contributed by atoms with Gasteiger partial charge in [0.15, 0.2) is 0 Å². The van der Waals surface area contributed by atoms with Crippen LogP contribution in [0.3, 0.4) is 0 Å². The van der Waals surface area contributed by atoms with Crippen LogP contribution in [-0.4, -0.2) is 12.1 Å². The topological polar surface area (TPSA) is 36.2 Å². The first kappa shape index (κ1) is 8.91. The highest BCUT2D eigenvalue weighted by Crippen LogP contribution is 2.18. The van der Waals surface area contributed by atoms with E-state index < -0.39 is 0 Å². The molecule has 0 aromatic rings. The molecule has 0 saturated heterocycles. The summed E-state index contributed by atoms with van der Waals surface area (Å²) in [7, 11) is 0. The van der Waals surface area contributed by atoms with E-state index in [0.29, 0.717) is 5.92 Å². The van der Waals surface area contributed by atoms with Gasteiger partial charge in [0, 0.05) is 5.71 Å². The minimum atomic E-state index is 0.598. The van der Waals surface area contributed by atoms with Gasteiger partial charge in [-0.1, -0.05) is 25.2 Å². The van der Waals surface area contributed by atoms with Crippen LogP contribution in [0.2, 0.25) is 0 Å². The second kappa shape index (κ2) is 4.00. The predicted octanol–water partition coefficient (Wildman–Crippen LogP) is 2.58. The smallest absolute Gasteiger partial charge is 0.107 e. The van der Waals surface area contributed by atoms with Crippen molar-refractivity contribution in [2.75, 3.05) is 0 Å². The van der Waals surface area contributed by atoms with Gasteiger partial charge in [-0.05, 0) is 24.8 Å². The molecule has 2 nitrogen and oxygen atoms in total. The summed E-state index contributed by atoms with van der Waals surface area (Å²) >= 11 is 0. The fraction of sp³-hybridized carbons (Fsp3) is 0.400. The minimum Gasteiger partial charge on any atom is -0.290 e. The zero-order valence-electron chi connectivity index (χ0n) is 7.54. The van der Waals surface area contributed by atoms with E-state index in [-0.39, 0.29) is 0 Å². The van der Waals surface area contributed by atoms with Gasteiger partial charge in [-0.3, -0.25) is 5.41 Å². The van der Waals surface area contributed by atoms with Crippen molar-refractivity contribution in [3.05, 3.63) is 23.8 Å². The number of nitrogens with one attached hydrogen (secondary N) is 1. The number of rotatable bonds is 2. The number of hydrogen-bond acceptors (Lipinski definition) is 1. The van der Waals surface area contributed by atoms with Gasteiger partial charge in [-0.25, -0.2) is 4.99 Å². The van der Waals surface area contributed by atoms with E-state index in [9.17, 15) is 0 Å². The molecule has 64 valence electrons. The Balaban J connectivity index is 2.76. The summed E-state index contributed by atoms with van der Waals surface area (Å²) < 4.78 is 0. The number of allylic oxidation sites excluding steroid dienone is 4. The lowest BCUT2D eigenvalue weighted by Gasteiger charge is -2.13. The van der Waals surface area contributed by atoms with Crippen LogP contribution < -0.4 is 0 Å². The average molecular weight is 162 g/mol. The Bertz CT molecular complexity index is 259. The van der Waals surface area contributed by atoms with Crippen LogP contribution >= 0.6 is 0 Å². The highest BCUT2D eigenvalue weighted by Gasteiger charge is 2.08. The molecule has 0 fully saturated rings. The molecule has 0 radical (unpaired) electrons. The molecule has 0 aromatic carbocycles. The number of hydrogen-bond donors (Lipinski definition) is 1. The maximum absolute atomic E-state index is 6.84. The molecule has 1 atom stereocenters. The Labute approximate surface area is 73.2 Å². The fourth-order valence-corrected chi connectivity index (χ4v) is 1.29. The van der Waals surface area contributed by atoms with Gasteiger partial charge in [0.1, 0.15) is 6.34 Å². The highest BCUT2D eigenvalue weighted by molar-refractivity contribution is 6.02. The molecular weight excluding hydrogens is 148 g/mol. The maximum atomic E-state index is 6.84. The third-order valence-electron chi connectivity index (χ3n) is 2.00. The first-order valence-electron chi connectivity index (χ1n) is 4.15. The Kier molecular flexibility index (Phi) is 2.97. The summed E-state index contributed by atoms with van der Waals surface area (Å²) in [6.07, 6.45) is 8.45. The molecule has 0 spiro atoms. The number of aliphatic imine (C=N–C) groups is 1.